The van der Waals surface area contributed by atoms with Gasteiger partial charge in [-0.05, 0) is 26.3 Å². The summed E-state index contributed by atoms with van der Waals surface area (Å²) in [5.41, 5.74) is 1.30. The Labute approximate surface area is 145 Å². The van der Waals surface area contributed by atoms with Gasteiger partial charge >= 0.3 is 6.09 Å². The number of rotatable bonds is 2. The lowest BCUT2D eigenvalue weighted by Gasteiger charge is -2.29. The highest BCUT2D eigenvalue weighted by Crippen LogP contribution is 2.32. The van der Waals surface area contributed by atoms with E-state index in [0.29, 0.717) is 24.5 Å². The van der Waals surface area contributed by atoms with Crippen LogP contribution < -0.4 is 0 Å². The monoisotopic (exact) mass is 346 g/mol. The minimum atomic E-state index is -0.725. The first kappa shape index (κ1) is 16.9. The molecule has 24 heavy (non-hydrogen) atoms. The molecule has 0 aliphatic carbocycles. The molecule has 0 saturated carbocycles. The first-order valence-electron chi connectivity index (χ1n) is 8.03. The predicted molar refractivity (Wildman–Crippen MR) is 93.0 cm³/mol. The van der Waals surface area contributed by atoms with Crippen molar-refractivity contribution in [3.63, 3.8) is 0 Å². The molecule has 3 rings (SSSR count). The molecule has 0 spiro atoms. The predicted octanol–water partition coefficient (Wildman–Crippen LogP) is 3.52. The van der Waals surface area contributed by atoms with Gasteiger partial charge in [-0.15, -0.1) is 11.3 Å². The number of hydrogen-bond acceptors (Lipinski definition) is 5. The summed E-state index contributed by atoms with van der Waals surface area (Å²) >= 11 is 1.47. The largest absolute Gasteiger partial charge is 0.444 e. The number of carbonyl (C=O) groups excluding carboxylic acids is 1. The molecule has 5 nitrogen and oxygen atoms in total. The van der Waals surface area contributed by atoms with Gasteiger partial charge in [0.2, 0.25) is 0 Å². The Bertz CT molecular complexity index is 722. The molecule has 0 radical (unpaired) electrons. The van der Waals surface area contributed by atoms with Crippen LogP contribution in [0, 0.1) is 0 Å². The van der Waals surface area contributed by atoms with E-state index in [2.05, 4.69) is 4.98 Å². The minimum absolute atomic E-state index is 0.299. The van der Waals surface area contributed by atoms with Crippen molar-refractivity contribution in [2.75, 3.05) is 6.54 Å². The van der Waals surface area contributed by atoms with E-state index in [1.54, 1.807) is 4.90 Å². The number of thiazole rings is 1. The topological polar surface area (TPSA) is 62.7 Å². The van der Waals surface area contributed by atoms with Gasteiger partial charge in [-0.3, -0.25) is 0 Å². The number of carbonyl (C=O) groups is 1. The fourth-order valence-corrected chi connectivity index (χ4v) is 3.73. The lowest BCUT2D eigenvalue weighted by Crippen LogP contribution is -2.39. The van der Waals surface area contributed by atoms with E-state index in [-0.39, 0.29) is 6.09 Å². The average Bonchev–Trinajstić information content (AvgIpc) is 2.96. The second kappa shape index (κ2) is 6.53. The van der Waals surface area contributed by atoms with Crippen LogP contribution >= 0.6 is 11.3 Å². The van der Waals surface area contributed by atoms with Crippen LogP contribution in [-0.2, 0) is 17.7 Å². The lowest BCUT2D eigenvalue weighted by atomic mass is 10.1. The normalized spacial score (nSPS) is 15.8. The number of benzene rings is 1. The maximum atomic E-state index is 12.2. The highest BCUT2D eigenvalue weighted by atomic mass is 32.1. The highest BCUT2D eigenvalue weighted by molar-refractivity contribution is 7.11. The highest BCUT2D eigenvalue weighted by Gasteiger charge is 2.29. The molecule has 1 aromatic carbocycles. The van der Waals surface area contributed by atoms with Crippen molar-refractivity contribution < 1.29 is 14.6 Å². The van der Waals surface area contributed by atoms with Crippen molar-refractivity contribution in [2.45, 2.75) is 45.4 Å². The first-order chi connectivity index (χ1) is 11.3. The van der Waals surface area contributed by atoms with Crippen molar-refractivity contribution in [2.24, 2.45) is 0 Å². The molecule has 1 aromatic heterocycles. The van der Waals surface area contributed by atoms with Crippen LogP contribution in [-0.4, -0.2) is 33.2 Å². The molecule has 128 valence electrons. The van der Waals surface area contributed by atoms with Gasteiger partial charge in [0.05, 0.1) is 12.2 Å². The van der Waals surface area contributed by atoms with Crippen LogP contribution in [0.2, 0.25) is 0 Å². The van der Waals surface area contributed by atoms with Crippen LogP contribution in [0.3, 0.4) is 0 Å². The van der Waals surface area contributed by atoms with Gasteiger partial charge in [-0.25, -0.2) is 9.78 Å². The number of hydrogen-bond donors (Lipinski definition) is 1. The van der Waals surface area contributed by atoms with E-state index in [4.69, 9.17) is 4.74 Å². The van der Waals surface area contributed by atoms with Gasteiger partial charge in [0.15, 0.2) is 0 Å². The van der Waals surface area contributed by atoms with E-state index in [0.717, 1.165) is 16.1 Å². The van der Waals surface area contributed by atoms with Gasteiger partial charge in [0.1, 0.15) is 16.7 Å². The molecular weight excluding hydrogens is 324 g/mol. The zero-order chi connectivity index (χ0) is 17.3. The average molecular weight is 346 g/mol. The molecular formula is C18H22N2O3S. The minimum Gasteiger partial charge on any atom is -0.444 e. The molecule has 1 unspecified atom stereocenters. The summed E-state index contributed by atoms with van der Waals surface area (Å²) in [6, 6.07) is 9.49. The van der Waals surface area contributed by atoms with Gasteiger partial charge in [-0.2, -0.15) is 0 Å². The Morgan fingerprint density at radius 3 is 2.71 bits per heavy atom. The summed E-state index contributed by atoms with van der Waals surface area (Å²) in [6.07, 6.45) is -0.337. The van der Waals surface area contributed by atoms with E-state index in [1.165, 1.54) is 11.3 Å². The Morgan fingerprint density at radius 2 is 2.04 bits per heavy atom. The van der Waals surface area contributed by atoms with Gasteiger partial charge in [-0.1, -0.05) is 30.3 Å². The van der Waals surface area contributed by atoms with Crippen LogP contribution in [0.15, 0.2) is 30.3 Å². The molecule has 1 aliphatic rings. The van der Waals surface area contributed by atoms with E-state index in [1.807, 2.05) is 51.1 Å². The van der Waals surface area contributed by atoms with Crippen LogP contribution in [0.25, 0.3) is 0 Å². The summed E-state index contributed by atoms with van der Waals surface area (Å²) in [7, 11) is 0. The third-order valence-corrected chi connectivity index (χ3v) is 4.88. The molecule has 1 aliphatic heterocycles. The third kappa shape index (κ3) is 3.76. The van der Waals surface area contributed by atoms with Gasteiger partial charge < -0.3 is 14.7 Å². The standard InChI is InChI=1S/C18H22N2O3S/c1-18(2,3)23-17(22)20-10-9-13-14(11-20)24-16(19-13)15(21)12-7-5-4-6-8-12/h4-8,15,21H,9-11H2,1-3H3. The summed E-state index contributed by atoms with van der Waals surface area (Å²) in [5.74, 6) is 0. The Balaban J connectivity index is 1.74. The Hall–Kier alpha value is -1.92. The SMILES string of the molecule is CC(C)(C)OC(=O)N1CCc2nc(C(O)c3ccccc3)sc2C1. The number of aliphatic hydroxyl groups excluding tert-OH is 1. The van der Waals surface area contributed by atoms with Crippen molar-refractivity contribution in [3.05, 3.63) is 51.5 Å². The molecule has 2 heterocycles. The molecule has 2 aromatic rings. The number of aliphatic hydroxyl groups is 1. The third-order valence-electron chi connectivity index (χ3n) is 3.75. The number of fused-ring (bicyclic) bond motifs is 1. The van der Waals surface area contributed by atoms with Gasteiger partial charge in [0, 0.05) is 17.8 Å². The molecule has 1 atom stereocenters. The zero-order valence-corrected chi connectivity index (χ0v) is 15.0. The van der Waals surface area contributed by atoms with Gasteiger partial charge in [0.25, 0.3) is 0 Å². The summed E-state index contributed by atoms with van der Waals surface area (Å²) in [4.78, 5) is 19.5. The number of aromatic nitrogens is 1. The quantitative estimate of drug-likeness (QED) is 0.904. The van der Waals surface area contributed by atoms with E-state index in [9.17, 15) is 9.90 Å². The van der Waals surface area contributed by atoms with E-state index >= 15 is 0 Å². The molecule has 0 fully saturated rings. The summed E-state index contributed by atoms with van der Waals surface area (Å²) in [5, 5.41) is 11.2. The maximum Gasteiger partial charge on any atom is 0.410 e. The fraction of sp³-hybridized carbons (Fsp3) is 0.444. The fourth-order valence-electron chi connectivity index (χ4n) is 2.59. The molecule has 1 N–H and O–H groups in total. The van der Waals surface area contributed by atoms with Crippen LogP contribution in [0.5, 0.6) is 0 Å². The van der Waals surface area contributed by atoms with Crippen molar-refractivity contribution in [1.82, 2.24) is 9.88 Å². The van der Waals surface area contributed by atoms with Crippen LogP contribution in [0.1, 0.15) is 48.0 Å². The Morgan fingerprint density at radius 1 is 1.33 bits per heavy atom. The second-order valence-electron chi connectivity index (χ2n) is 6.89. The number of nitrogens with zero attached hydrogens (tertiary/aromatic N) is 2. The van der Waals surface area contributed by atoms with E-state index < -0.39 is 11.7 Å². The summed E-state index contributed by atoms with van der Waals surface area (Å²) in [6.45, 7) is 6.67. The van der Waals surface area contributed by atoms with Crippen molar-refractivity contribution in [1.29, 1.82) is 0 Å². The van der Waals surface area contributed by atoms with Crippen molar-refractivity contribution >= 4 is 17.4 Å². The maximum absolute atomic E-state index is 12.2. The molecule has 0 saturated heterocycles. The van der Waals surface area contributed by atoms with Crippen molar-refractivity contribution in [3.8, 4) is 0 Å². The zero-order valence-electron chi connectivity index (χ0n) is 14.2. The molecule has 1 amide bonds. The molecule has 6 heteroatoms. The summed E-state index contributed by atoms with van der Waals surface area (Å²) < 4.78 is 5.44. The smallest absolute Gasteiger partial charge is 0.410 e. The lowest BCUT2D eigenvalue weighted by molar-refractivity contribution is 0.0225. The number of ether oxygens (including phenoxy) is 1. The number of amides is 1. The van der Waals surface area contributed by atoms with Crippen LogP contribution in [0.4, 0.5) is 4.79 Å². The molecule has 0 bridgehead atoms. The Kier molecular flexibility index (Phi) is 4.60. The second-order valence-corrected chi connectivity index (χ2v) is 8.00. The first-order valence-corrected chi connectivity index (χ1v) is 8.84.